The molecule has 0 saturated carbocycles. The summed E-state index contributed by atoms with van der Waals surface area (Å²) in [5.41, 5.74) is -0.135. The van der Waals surface area contributed by atoms with Gasteiger partial charge in [0, 0.05) is 26.7 Å². The van der Waals surface area contributed by atoms with Crippen molar-refractivity contribution in [3.8, 4) is 0 Å². The lowest BCUT2D eigenvalue weighted by Crippen LogP contribution is -2.48. The van der Waals surface area contributed by atoms with E-state index in [1.807, 2.05) is 18.7 Å². The molecule has 0 amide bonds. The highest BCUT2D eigenvalue weighted by molar-refractivity contribution is 14.0. The fourth-order valence-corrected chi connectivity index (χ4v) is 2.88. The summed E-state index contributed by atoms with van der Waals surface area (Å²) in [6, 6.07) is 5.32. The number of ether oxygens (including phenoxy) is 2. The highest BCUT2D eigenvalue weighted by atomic mass is 127. The van der Waals surface area contributed by atoms with E-state index in [1.165, 1.54) is 6.07 Å². The molecule has 5 nitrogen and oxygen atoms in total. The van der Waals surface area contributed by atoms with Crippen LogP contribution in [0.15, 0.2) is 29.3 Å². The molecule has 160 valence electrons. The Morgan fingerprint density at radius 3 is 2.79 bits per heavy atom. The number of nitrogens with zero attached hydrogens (tertiary/aromatic N) is 2. The molecule has 1 atom stereocenters. The minimum atomic E-state index is -4.36. The Morgan fingerprint density at radius 1 is 1.39 bits per heavy atom. The van der Waals surface area contributed by atoms with Crippen LogP contribution in [0.25, 0.3) is 0 Å². The third kappa shape index (κ3) is 7.75. The van der Waals surface area contributed by atoms with Crippen LogP contribution in [-0.2, 0) is 15.7 Å². The van der Waals surface area contributed by atoms with Crippen molar-refractivity contribution in [1.29, 1.82) is 0 Å². The van der Waals surface area contributed by atoms with Crippen LogP contribution in [0.1, 0.15) is 37.5 Å². The lowest BCUT2D eigenvalue weighted by atomic mass is 10.0. The lowest BCUT2D eigenvalue weighted by Gasteiger charge is -2.35. The number of benzene rings is 1. The van der Waals surface area contributed by atoms with Gasteiger partial charge in [-0.1, -0.05) is 12.1 Å². The molecule has 1 N–H and O–H groups in total. The molecule has 2 rings (SSSR count). The molecule has 1 aromatic carbocycles. The summed E-state index contributed by atoms with van der Waals surface area (Å²) in [7, 11) is 1.70. The van der Waals surface area contributed by atoms with Gasteiger partial charge < -0.3 is 19.7 Å². The number of nitrogens with one attached hydrogen (secondary N) is 1. The molecule has 1 aromatic rings. The van der Waals surface area contributed by atoms with Gasteiger partial charge in [0.15, 0.2) is 5.96 Å². The molecule has 0 aliphatic carbocycles. The second kappa shape index (κ2) is 11.8. The molecule has 1 unspecified atom stereocenters. The van der Waals surface area contributed by atoms with Crippen LogP contribution in [0.5, 0.6) is 0 Å². The first kappa shape index (κ1) is 25.0. The summed E-state index contributed by atoms with van der Waals surface area (Å²) in [5.74, 6) is 0.722. The van der Waals surface area contributed by atoms with E-state index < -0.39 is 17.8 Å². The summed E-state index contributed by atoms with van der Waals surface area (Å²) in [5, 5.41) is 3.28. The first-order chi connectivity index (χ1) is 12.8. The largest absolute Gasteiger partial charge is 0.416 e. The third-order valence-electron chi connectivity index (χ3n) is 4.22. The maximum atomic E-state index is 13.0. The first-order valence-corrected chi connectivity index (χ1v) is 9.17. The van der Waals surface area contributed by atoms with Crippen molar-refractivity contribution in [2.75, 3.05) is 39.9 Å². The quantitative estimate of drug-likeness (QED) is 0.269. The van der Waals surface area contributed by atoms with Crippen molar-refractivity contribution in [2.24, 2.45) is 4.99 Å². The standard InChI is InChI=1S/C19H28F3N3O2.HI/c1-14(2)26-10-5-8-24-18(23-3)25-9-11-27-17(13-25)15-6-4-7-16(12-15)19(20,21)22;/h4,6-7,12,14,17H,5,8-11,13H2,1-3H3,(H,23,24);1H. The Balaban J connectivity index is 0.00000392. The fourth-order valence-electron chi connectivity index (χ4n) is 2.88. The average molecular weight is 515 g/mol. The van der Waals surface area contributed by atoms with Crippen LogP contribution in [0, 0.1) is 0 Å². The Bertz CT molecular complexity index is 627. The summed E-state index contributed by atoms with van der Waals surface area (Å²) >= 11 is 0. The van der Waals surface area contributed by atoms with Gasteiger partial charge >= 0.3 is 6.18 Å². The molecule has 0 spiro atoms. The third-order valence-corrected chi connectivity index (χ3v) is 4.22. The van der Waals surface area contributed by atoms with Crippen LogP contribution in [-0.4, -0.2) is 56.9 Å². The van der Waals surface area contributed by atoms with Gasteiger partial charge in [-0.3, -0.25) is 4.99 Å². The highest BCUT2D eigenvalue weighted by Crippen LogP contribution is 2.32. The molecular weight excluding hydrogens is 486 g/mol. The van der Waals surface area contributed by atoms with Gasteiger partial charge in [-0.15, -0.1) is 24.0 Å². The molecule has 9 heteroatoms. The van der Waals surface area contributed by atoms with Gasteiger partial charge in [-0.2, -0.15) is 13.2 Å². The monoisotopic (exact) mass is 515 g/mol. The van der Waals surface area contributed by atoms with E-state index in [1.54, 1.807) is 13.1 Å². The van der Waals surface area contributed by atoms with Crippen molar-refractivity contribution >= 4 is 29.9 Å². The van der Waals surface area contributed by atoms with Crippen molar-refractivity contribution < 1.29 is 22.6 Å². The van der Waals surface area contributed by atoms with E-state index in [2.05, 4.69) is 10.3 Å². The second-order valence-corrected chi connectivity index (χ2v) is 6.68. The number of aliphatic imine (C=N–C) groups is 1. The van der Waals surface area contributed by atoms with Crippen molar-refractivity contribution in [2.45, 2.75) is 38.7 Å². The van der Waals surface area contributed by atoms with Crippen LogP contribution in [0.3, 0.4) is 0 Å². The van der Waals surface area contributed by atoms with E-state index in [-0.39, 0.29) is 30.1 Å². The minimum Gasteiger partial charge on any atom is -0.379 e. The normalized spacial score (nSPS) is 18.2. The molecule has 1 fully saturated rings. The number of guanidine groups is 1. The van der Waals surface area contributed by atoms with E-state index >= 15 is 0 Å². The molecular formula is C19H29F3IN3O2. The maximum Gasteiger partial charge on any atom is 0.416 e. The van der Waals surface area contributed by atoms with Gasteiger partial charge in [0.05, 0.1) is 24.8 Å². The SMILES string of the molecule is CN=C(NCCCOC(C)C)N1CCOC(c2cccc(C(F)(F)F)c2)C1.I. The summed E-state index contributed by atoms with van der Waals surface area (Å²) in [4.78, 5) is 6.30. The molecule has 0 radical (unpaired) electrons. The topological polar surface area (TPSA) is 46.1 Å². The smallest absolute Gasteiger partial charge is 0.379 e. The van der Waals surface area contributed by atoms with Gasteiger partial charge in [-0.05, 0) is 38.0 Å². The van der Waals surface area contributed by atoms with E-state index in [0.717, 1.165) is 24.5 Å². The molecule has 0 bridgehead atoms. The van der Waals surface area contributed by atoms with Gasteiger partial charge in [0.25, 0.3) is 0 Å². The number of alkyl halides is 3. The van der Waals surface area contributed by atoms with Crippen LogP contribution in [0.4, 0.5) is 13.2 Å². The molecule has 1 aliphatic heterocycles. The average Bonchev–Trinajstić information content (AvgIpc) is 2.64. The Kier molecular flexibility index (Phi) is 10.5. The Labute approximate surface area is 181 Å². The zero-order valence-electron chi connectivity index (χ0n) is 16.5. The molecule has 28 heavy (non-hydrogen) atoms. The number of hydrogen-bond acceptors (Lipinski definition) is 3. The Hall–Kier alpha value is -1.07. The summed E-state index contributed by atoms with van der Waals surface area (Å²) < 4.78 is 50.1. The number of hydrogen-bond donors (Lipinski definition) is 1. The van der Waals surface area contributed by atoms with Crippen LogP contribution in [0.2, 0.25) is 0 Å². The zero-order valence-corrected chi connectivity index (χ0v) is 18.8. The first-order valence-electron chi connectivity index (χ1n) is 9.17. The van der Waals surface area contributed by atoms with Gasteiger partial charge in [0.2, 0.25) is 0 Å². The predicted molar refractivity (Wildman–Crippen MR) is 114 cm³/mol. The van der Waals surface area contributed by atoms with Crippen LogP contribution >= 0.6 is 24.0 Å². The van der Waals surface area contributed by atoms with E-state index in [4.69, 9.17) is 9.47 Å². The number of morpholine rings is 1. The summed E-state index contributed by atoms with van der Waals surface area (Å²) in [6.07, 6.45) is -3.74. The molecule has 1 heterocycles. The van der Waals surface area contributed by atoms with Crippen LogP contribution < -0.4 is 5.32 Å². The predicted octanol–water partition coefficient (Wildman–Crippen LogP) is 4.09. The zero-order chi connectivity index (χ0) is 19.9. The number of halogens is 4. The van der Waals surface area contributed by atoms with E-state index in [9.17, 15) is 13.2 Å². The lowest BCUT2D eigenvalue weighted by molar-refractivity contribution is -0.137. The van der Waals surface area contributed by atoms with Gasteiger partial charge in [-0.25, -0.2) is 0 Å². The summed E-state index contributed by atoms with van der Waals surface area (Å²) in [6.45, 7) is 6.88. The second-order valence-electron chi connectivity index (χ2n) is 6.68. The fraction of sp³-hybridized carbons (Fsp3) is 0.632. The van der Waals surface area contributed by atoms with Crippen molar-refractivity contribution in [3.05, 3.63) is 35.4 Å². The van der Waals surface area contributed by atoms with Crippen molar-refractivity contribution in [1.82, 2.24) is 10.2 Å². The highest BCUT2D eigenvalue weighted by Gasteiger charge is 2.32. The maximum absolute atomic E-state index is 13.0. The van der Waals surface area contributed by atoms with E-state index in [0.29, 0.717) is 38.4 Å². The Morgan fingerprint density at radius 2 is 2.14 bits per heavy atom. The minimum absolute atomic E-state index is 0. The molecule has 1 saturated heterocycles. The molecule has 1 aliphatic rings. The molecule has 0 aromatic heterocycles. The van der Waals surface area contributed by atoms with Crippen molar-refractivity contribution in [3.63, 3.8) is 0 Å². The number of rotatable bonds is 6. The van der Waals surface area contributed by atoms with Gasteiger partial charge in [0.1, 0.15) is 6.10 Å².